The minimum absolute atomic E-state index is 0.723. The Morgan fingerprint density at radius 2 is 2.45 bits per heavy atom. The zero-order chi connectivity index (χ0) is 8.10. The molecule has 0 aliphatic carbocycles. The Morgan fingerprint density at radius 3 is 3.18 bits per heavy atom. The molecule has 1 heterocycles. The molecule has 0 aromatic rings. The Morgan fingerprint density at radius 1 is 1.64 bits per heavy atom. The van der Waals surface area contributed by atoms with Crippen molar-refractivity contribution in [3.63, 3.8) is 0 Å². The van der Waals surface area contributed by atoms with Crippen molar-refractivity contribution in [2.75, 3.05) is 0 Å². The lowest BCUT2D eigenvalue weighted by Gasteiger charge is -2.11. The molecule has 1 unspecified atom stereocenters. The average molecular weight is 151 g/mol. The van der Waals surface area contributed by atoms with Crippen LogP contribution in [0.25, 0.3) is 0 Å². The van der Waals surface area contributed by atoms with Crippen LogP contribution in [0.15, 0.2) is 24.0 Å². The molecule has 0 radical (unpaired) electrons. The molecule has 0 saturated heterocycles. The highest BCUT2D eigenvalue weighted by atomic mass is 14.8. The quantitative estimate of drug-likeness (QED) is 0.640. The van der Waals surface area contributed by atoms with Crippen molar-refractivity contribution in [2.45, 2.75) is 33.1 Å². The first kappa shape index (κ1) is 8.38. The summed E-state index contributed by atoms with van der Waals surface area (Å²) in [6, 6.07) is 0. The van der Waals surface area contributed by atoms with E-state index in [0.717, 1.165) is 5.92 Å². The second-order valence-corrected chi connectivity index (χ2v) is 3.18. The van der Waals surface area contributed by atoms with Crippen molar-refractivity contribution in [2.24, 2.45) is 5.92 Å². The van der Waals surface area contributed by atoms with Crippen molar-refractivity contribution in [3.8, 4) is 0 Å². The molecule has 1 N–H and O–H groups in total. The molecular formula is C10H17N. The van der Waals surface area contributed by atoms with Crippen LogP contribution in [0, 0.1) is 5.92 Å². The summed E-state index contributed by atoms with van der Waals surface area (Å²) in [5, 5.41) is 3.17. The van der Waals surface area contributed by atoms with Crippen LogP contribution in [0.3, 0.4) is 0 Å². The van der Waals surface area contributed by atoms with E-state index < -0.39 is 0 Å². The lowest BCUT2D eigenvalue weighted by atomic mass is 9.95. The lowest BCUT2D eigenvalue weighted by Crippen LogP contribution is -1.99. The van der Waals surface area contributed by atoms with Gasteiger partial charge in [-0.25, -0.2) is 0 Å². The first-order valence-electron chi connectivity index (χ1n) is 4.44. The molecule has 1 rings (SSSR count). The molecule has 1 aliphatic rings. The van der Waals surface area contributed by atoms with Crippen LogP contribution in [0.1, 0.15) is 33.1 Å². The summed E-state index contributed by atoms with van der Waals surface area (Å²) in [6.45, 7) is 4.52. The van der Waals surface area contributed by atoms with Gasteiger partial charge in [0.2, 0.25) is 0 Å². The lowest BCUT2D eigenvalue weighted by molar-refractivity contribution is 0.650. The summed E-state index contributed by atoms with van der Waals surface area (Å²) < 4.78 is 0. The van der Waals surface area contributed by atoms with E-state index in [4.69, 9.17) is 0 Å². The molecule has 0 amide bonds. The highest BCUT2D eigenvalue weighted by Gasteiger charge is 2.07. The van der Waals surface area contributed by atoms with Crippen LogP contribution >= 0.6 is 0 Å². The van der Waals surface area contributed by atoms with Gasteiger partial charge in [-0.05, 0) is 31.2 Å². The van der Waals surface area contributed by atoms with Crippen molar-refractivity contribution >= 4 is 0 Å². The molecule has 0 spiro atoms. The molecule has 0 fully saturated rings. The van der Waals surface area contributed by atoms with Crippen LogP contribution in [-0.2, 0) is 0 Å². The third-order valence-electron chi connectivity index (χ3n) is 2.14. The van der Waals surface area contributed by atoms with E-state index in [-0.39, 0.29) is 0 Å². The Bertz CT molecular complexity index is 168. The van der Waals surface area contributed by atoms with E-state index in [9.17, 15) is 0 Å². The molecule has 1 nitrogen and oxygen atoms in total. The van der Waals surface area contributed by atoms with Gasteiger partial charge in [0.1, 0.15) is 0 Å². The molecule has 0 bridgehead atoms. The zero-order valence-electron chi connectivity index (χ0n) is 7.43. The summed E-state index contributed by atoms with van der Waals surface area (Å²) in [4.78, 5) is 0. The zero-order valence-corrected chi connectivity index (χ0v) is 7.43. The smallest absolute Gasteiger partial charge is 0.0000916 e. The van der Waals surface area contributed by atoms with Crippen molar-refractivity contribution < 1.29 is 0 Å². The van der Waals surface area contributed by atoms with Crippen molar-refractivity contribution in [1.29, 1.82) is 0 Å². The van der Waals surface area contributed by atoms with Gasteiger partial charge in [-0.3, -0.25) is 0 Å². The van der Waals surface area contributed by atoms with Crippen molar-refractivity contribution in [3.05, 3.63) is 24.0 Å². The second-order valence-electron chi connectivity index (χ2n) is 3.18. The standard InChI is InChI=1S/C10H17N/c1-3-5-10-8-11-7-4-6-9(10)2/h4,7-9,11H,3,5-6H2,1-2H3. The molecule has 1 heteroatoms. The second kappa shape index (κ2) is 4.22. The molecule has 0 aromatic carbocycles. The first-order valence-corrected chi connectivity index (χ1v) is 4.44. The maximum atomic E-state index is 3.17. The predicted octanol–water partition coefficient (Wildman–Crippen LogP) is 2.81. The minimum atomic E-state index is 0.723. The Hall–Kier alpha value is -0.720. The predicted molar refractivity (Wildman–Crippen MR) is 49.0 cm³/mol. The SMILES string of the molecule is CCCC1=CNC=CCC1C. The Kier molecular flexibility index (Phi) is 3.21. The van der Waals surface area contributed by atoms with Gasteiger partial charge in [0.25, 0.3) is 0 Å². The largest absolute Gasteiger partial charge is 0.368 e. The van der Waals surface area contributed by atoms with Gasteiger partial charge in [0.15, 0.2) is 0 Å². The summed E-state index contributed by atoms with van der Waals surface area (Å²) >= 11 is 0. The maximum absolute atomic E-state index is 3.17. The van der Waals surface area contributed by atoms with Gasteiger partial charge in [-0.1, -0.05) is 31.9 Å². The third kappa shape index (κ3) is 2.41. The van der Waals surface area contributed by atoms with Gasteiger partial charge in [-0.2, -0.15) is 0 Å². The van der Waals surface area contributed by atoms with Crippen LogP contribution < -0.4 is 5.32 Å². The van der Waals surface area contributed by atoms with E-state index in [1.165, 1.54) is 19.3 Å². The molecule has 0 aromatic heterocycles. The summed E-state index contributed by atoms with van der Waals surface area (Å²) in [5.41, 5.74) is 1.55. The molecule has 11 heavy (non-hydrogen) atoms. The summed E-state index contributed by atoms with van der Waals surface area (Å²) in [6.07, 6.45) is 10.0. The first-order chi connectivity index (χ1) is 5.34. The topological polar surface area (TPSA) is 12.0 Å². The van der Waals surface area contributed by atoms with Crippen LogP contribution in [0.4, 0.5) is 0 Å². The number of nitrogens with one attached hydrogen (secondary N) is 1. The molecule has 1 aliphatic heterocycles. The van der Waals surface area contributed by atoms with Gasteiger partial charge in [0.05, 0.1) is 0 Å². The van der Waals surface area contributed by atoms with Crippen LogP contribution in [0.2, 0.25) is 0 Å². The maximum Gasteiger partial charge on any atom is -0.0000916 e. The molecule has 62 valence electrons. The molecule has 1 atom stereocenters. The number of hydrogen-bond donors (Lipinski definition) is 1. The summed E-state index contributed by atoms with van der Waals surface area (Å²) in [5.74, 6) is 0.723. The number of hydrogen-bond acceptors (Lipinski definition) is 1. The Labute approximate surface area is 69.2 Å². The van der Waals surface area contributed by atoms with E-state index in [0.29, 0.717) is 0 Å². The average Bonchev–Trinajstić information content (AvgIpc) is 2.18. The van der Waals surface area contributed by atoms with Crippen LogP contribution in [0.5, 0.6) is 0 Å². The van der Waals surface area contributed by atoms with E-state index in [1.807, 2.05) is 6.20 Å². The van der Waals surface area contributed by atoms with Gasteiger partial charge >= 0.3 is 0 Å². The number of allylic oxidation sites excluding steroid dienone is 2. The fourth-order valence-corrected chi connectivity index (χ4v) is 1.40. The highest BCUT2D eigenvalue weighted by Crippen LogP contribution is 2.20. The highest BCUT2D eigenvalue weighted by molar-refractivity contribution is 5.10. The van der Waals surface area contributed by atoms with Crippen LogP contribution in [-0.4, -0.2) is 0 Å². The van der Waals surface area contributed by atoms with Crippen molar-refractivity contribution in [1.82, 2.24) is 5.32 Å². The summed E-state index contributed by atoms with van der Waals surface area (Å²) in [7, 11) is 0. The monoisotopic (exact) mass is 151 g/mol. The van der Waals surface area contributed by atoms with Gasteiger partial charge in [0, 0.05) is 0 Å². The van der Waals surface area contributed by atoms with Gasteiger partial charge < -0.3 is 5.32 Å². The Balaban J connectivity index is 2.54. The fourth-order valence-electron chi connectivity index (χ4n) is 1.40. The third-order valence-corrected chi connectivity index (χ3v) is 2.14. The van der Waals surface area contributed by atoms with Gasteiger partial charge in [-0.15, -0.1) is 0 Å². The number of rotatable bonds is 2. The molecule has 0 saturated carbocycles. The fraction of sp³-hybridized carbons (Fsp3) is 0.600. The minimum Gasteiger partial charge on any atom is -0.368 e. The molecular weight excluding hydrogens is 134 g/mol. The van der Waals surface area contributed by atoms with E-state index in [1.54, 1.807) is 5.57 Å². The van der Waals surface area contributed by atoms with E-state index >= 15 is 0 Å². The normalized spacial score (nSPS) is 23.8. The van der Waals surface area contributed by atoms with E-state index in [2.05, 4.69) is 31.4 Å².